The van der Waals surface area contributed by atoms with Gasteiger partial charge in [0.15, 0.2) is 0 Å². The fourth-order valence-electron chi connectivity index (χ4n) is 2.71. The summed E-state index contributed by atoms with van der Waals surface area (Å²) >= 11 is 0. The molecule has 0 fully saturated rings. The zero-order valence-electron chi connectivity index (χ0n) is 12.0. The molecule has 0 amide bonds. The average molecular weight is 247 g/mol. The zero-order chi connectivity index (χ0) is 13.1. The van der Waals surface area contributed by atoms with Crippen LogP contribution in [0.4, 0.5) is 0 Å². The summed E-state index contributed by atoms with van der Waals surface area (Å²) in [4.78, 5) is 0. The van der Waals surface area contributed by atoms with E-state index in [9.17, 15) is 0 Å². The summed E-state index contributed by atoms with van der Waals surface area (Å²) in [6, 6.07) is 4.93. The summed E-state index contributed by atoms with van der Waals surface area (Å²) in [5, 5.41) is 3.65. The Labute approximate surface area is 111 Å². The summed E-state index contributed by atoms with van der Waals surface area (Å²) < 4.78 is 5.97. The molecule has 0 bridgehead atoms. The molecule has 18 heavy (non-hydrogen) atoms. The van der Waals surface area contributed by atoms with Crippen molar-refractivity contribution in [1.82, 2.24) is 5.32 Å². The topological polar surface area (TPSA) is 21.3 Å². The molecular weight excluding hydrogens is 222 g/mol. The second-order valence-corrected chi connectivity index (χ2v) is 5.51. The molecule has 0 saturated carbocycles. The van der Waals surface area contributed by atoms with Gasteiger partial charge in [0, 0.05) is 18.0 Å². The van der Waals surface area contributed by atoms with Crippen molar-refractivity contribution < 1.29 is 4.74 Å². The molecule has 1 aromatic rings. The maximum absolute atomic E-state index is 5.97. The number of fused-ring (bicyclic) bond motifs is 1. The summed E-state index contributed by atoms with van der Waals surface area (Å²) in [5.74, 6) is 1.66. The third-order valence-electron chi connectivity index (χ3n) is 3.71. The van der Waals surface area contributed by atoms with Gasteiger partial charge in [-0.05, 0) is 36.9 Å². The Kier molecular flexibility index (Phi) is 4.28. The number of ether oxygens (including phenoxy) is 1. The summed E-state index contributed by atoms with van der Waals surface area (Å²) in [7, 11) is 0. The highest BCUT2D eigenvalue weighted by atomic mass is 16.5. The average Bonchev–Trinajstić information content (AvgIpc) is 2.36. The molecule has 0 saturated heterocycles. The van der Waals surface area contributed by atoms with Crippen molar-refractivity contribution in [1.29, 1.82) is 0 Å². The third kappa shape index (κ3) is 2.54. The second-order valence-electron chi connectivity index (χ2n) is 5.51. The fourth-order valence-corrected chi connectivity index (χ4v) is 2.71. The molecule has 1 N–H and O–H groups in total. The van der Waals surface area contributed by atoms with E-state index in [1.165, 1.54) is 23.1 Å². The van der Waals surface area contributed by atoms with Crippen molar-refractivity contribution in [3.63, 3.8) is 0 Å². The Hall–Kier alpha value is -1.02. The van der Waals surface area contributed by atoms with E-state index in [0.29, 0.717) is 12.0 Å². The first-order valence-electron chi connectivity index (χ1n) is 7.14. The number of hydrogen-bond acceptors (Lipinski definition) is 2. The van der Waals surface area contributed by atoms with Crippen molar-refractivity contribution in [2.75, 3.05) is 13.2 Å². The van der Waals surface area contributed by atoms with E-state index in [1.54, 1.807) is 0 Å². The second kappa shape index (κ2) is 5.75. The Morgan fingerprint density at radius 1 is 1.39 bits per heavy atom. The van der Waals surface area contributed by atoms with Crippen molar-refractivity contribution >= 4 is 0 Å². The highest BCUT2D eigenvalue weighted by Crippen LogP contribution is 2.40. The van der Waals surface area contributed by atoms with Crippen LogP contribution in [0.3, 0.4) is 0 Å². The number of hydrogen-bond donors (Lipinski definition) is 1. The molecule has 1 heterocycles. The number of benzene rings is 1. The van der Waals surface area contributed by atoms with Crippen molar-refractivity contribution in [3.8, 4) is 5.75 Å². The molecule has 2 rings (SSSR count). The molecule has 1 unspecified atom stereocenters. The Morgan fingerprint density at radius 3 is 2.83 bits per heavy atom. The zero-order valence-corrected chi connectivity index (χ0v) is 12.0. The van der Waals surface area contributed by atoms with Gasteiger partial charge in [-0.25, -0.2) is 0 Å². The number of rotatable bonds is 4. The van der Waals surface area contributed by atoms with Gasteiger partial charge in [0.2, 0.25) is 0 Å². The SMILES string of the molecule is CCCNC1CCOc2c(C(C)C)ccc(C)c21. The van der Waals surface area contributed by atoms with Gasteiger partial charge in [-0.1, -0.05) is 32.9 Å². The van der Waals surface area contributed by atoms with Crippen LogP contribution in [-0.4, -0.2) is 13.2 Å². The molecule has 1 aliphatic rings. The molecule has 1 aromatic carbocycles. The van der Waals surface area contributed by atoms with Gasteiger partial charge in [0.1, 0.15) is 5.75 Å². The minimum atomic E-state index is 0.465. The smallest absolute Gasteiger partial charge is 0.127 e. The van der Waals surface area contributed by atoms with E-state index >= 15 is 0 Å². The Morgan fingerprint density at radius 2 is 2.17 bits per heavy atom. The standard InChI is InChI=1S/C16H25NO/c1-5-9-17-14-8-10-18-16-13(11(2)3)7-6-12(4)15(14)16/h6-7,11,14,17H,5,8-10H2,1-4H3. The lowest BCUT2D eigenvalue weighted by molar-refractivity contribution is 0.249. The van der Waals surface area contributed by atoms with Crippen LogP contribution >= 0.6 is 0 Å². The summed E-state index contributed by atoms with van der Waals surface area (Å²) in [6.45, 7) is 10.8. The predicted molar refractivity (Wildman–Crippen MR) is 76.4 cm³/mol. The molecule has 1 aliphatic heterocycles. The van der Waals surface area contributed by atoms with Crippen LogP contribution < -0.4 is 10.1 Å². The maximum atomic E-state index is 5.97. The minimum absolute atomic E-state index is 0.465. The molecule has 2 heteroatoms. The summed E-state index contributed by atoms with van der Waals surface area (Å²) in [5.41, 5.74) is 4.09. The predicted octanol–water partition coefficient (Wildman–Crippen LogP) is 3.94. The number of nitrogens with one attached hydrogen (secondary N) is 1. The van der Waals surface area contributed by atoms with E-state index in [0.717, 1.165) is 25.3 Å². The largest absolute Gasteiger partial charge is 0.493 e. The fraction of sp³-hybridized carbons (Fsp3) is 0.625. The van der Waals surface area contributed by atoms with Gasteiger partial charge in [0.25, 0.3) is 0 Å². The van der Waals surface area contributed by atoms with Crippen molar-refractivity contribution in [3.05, 3.63) is 28.8 Å². The quantitative estimate of drug-likeness (QED) is 0.870. The molecule has 2 nitrogen and oxygen atoms in total. The van der Waals surface area contributed by atoms with E-state index in [1.807, 2.05) is 0 Å². The first-order chi connectivity index (χ1) is 8.65. The first-order valence-corrected chi connectivity index (χ1v) is 7.14. The summed E-state index contributed by atoms with van der Waals surface area (Å²) in [6.07, 6.45) is 2.25. The van der Waals surface area contributed by atoms with Gasteiger partial charge in [-0.2, -0.15) is 0 Å². The van der Waals surface area contributed by atoms with Gasteiger partial charge >= 0.3 is 0 Å². The van der Waals surface area contributed by atoms with Crippen LogP contribution in [0, 0.1) is 6.92 Å². The Bertz CT molecular complexity index is 412. The van der Waals surface area contributed by atoms with Crippen LogP contribution in [0.5, 0.6) is 5.75 Å². The minimum Gasteiger partial charge on any atom is -0.493 e. The molecule has 100 valence electrons. The van der Waals surface area contributed by atoms with E-state index < -0.39 is 0 Å². The highest BCUT2D eigenvalue weighted by molar-refractivity contribution is 5.50. The monoisotopic (exact) mass is 247 g/mol. The molecule has 1 atom stereocenters. The maximum Gasteiger partial charge on any atom is 0.127 e. The van der Waals surface area contributed by atoms with E-state index in [4.69, 9.17) is 4.74 Å². The van der Waals surface area contributed by atoms with Crippen LogP contribution in [0.1, 0.15) is 62.3 Å². The van der Waals surface area contributed by atoms with Gasteiger partial charge < -0.3 is 10.1 Å². The lowest BCUT2D eigenvalue weighted by atomic mass is 9.89. The highest BCUT2D eigenvalue weighted by Gasteiger charge is 2.25. The normalized spacial score (nSPS) is 18.6. The van der Waals surface area contributed by atoms with Crippen molar-refractivity contribution in [2.24, 2.45) is 0 Å². The molecule has 0 radical (unpaired) electrons. The molecular formula is C16H25NO. The lowest BCUT2D eigenvalue weighted by Gasteiger charge is -2.31. The van der Waals surface area contributed by atoms with E-state index in [2.05, 4.69) is 45.1 Å². The molecule has 0 aromatic heterocycles. The van der Waals surface area contributed by atoms with Crippen LogP contribution in [0.25, 0.3) is 0 Å². The van der Waals surface area contributed by atoms with Crippen LogP contribution in [0.15, 0.2) is 12.1 Å². The first kappa shape index (κ1) is 13.4. The van der Waals surface area contributed by atoms with Gasteiger partial charge in [-0.15, -0.1) is 0 Å². The molecule has 0 aliphatic carbocycles. The Balaban J connectivity index is 2.39. The van der Waals surface area contributed by atoms with Crippen LogP contribution in [0.2, 0.25) is 0 Å². The number of aryl methyl sites for hydroxylation is 1. The van der Waals surface area contributed by atoms with Crippen molar-refractivity contribution in [2.45, 2.75) is 52.5 Å². The van der Waals surface area contributed by atoms with Crippen LogP contribution in [-0.2, 0) is 0 Å². The third-order valence-corrected chi connectivity index (χ3v) is 3.71. The van der Waals surface area contributed by atoms with Gasteiger partial charge in [-0.3, -0.25) is 0 Å². The van der Waals surface area contributed by atoms with E-state index in [-0.39, 0.29) is 0 Å². The molecule has 0 spiro atoms. The van der Waals surface area contributed by atoms with Gasteiger partial charge in [0.05, 0.1) is 6.61 Å². The lowest BCUT2D eigenvalue weighted by Crippen LogP contribution is -2.29.